The van der Waals surface area contributed by atoms with Crippen LogP contribution in [0.1, 0.15) is 64.0 Å². The number of hydrogen-bond donors (Lipinski definition) is 0. The van der Waals surface area contributed by atoms with Gasteiger partial charge in [-0.05, 0) is 25.7 Å². The van der Waals surface area contributed by atoms with E-state index in [1.54, 1.807) is 11.3 Å². The van der Waals surface area contributed by atoms with Gasteiger partial charge in [0.2, 0.25) is 0 Å². The van der Waals surface area contributed by atoms with Crippen LogP contribution in [0.15, 0.2) is 47.2 Å². The first-order chi connectivity index (χ1) is 18.9. The van der Waals surface area contributed by atoms with Crippen LogP contribution < -0.4 is 0 Å². The lowest BCUT2D eigenvalue weighted by molar-refractivity contribution is 0.00712. The Bertz CT molecular complexity index is 1600. The van der Waals surface area contributed by atoms with E-state index >= 15 is 0 Å². The molecule has 5 aromatic rings. The molecule has 1 aromatic carbocycles. The second kappa shape index (κ2) is 9.80. The highest BCUT2D eigenvalue weighted by Crippen LogP contribution is 2.36. The summed E-state index contributed by atoms with van der Waals surface area (Å²) in [7, 11) is 0. The van der Waals surface area contributed by atoms with Crippen molar-refractivity contribution in [3.63, 3.8) is 0 Å². The molecule has 4 aromatic heterocycles. The number of thiazole rings is 1. The molecule has 1 saturated carbocycles. The lowest BCUT2D eigenvalue weighted by atomic mass is 9.84. The molecule has 0 radical (unpaired) electrons. The molecule has 0 unspecified atom stereocenters. The van der Waals surface area contributed by atoms with E-state index in [-0.39, 0.29) is 5.41 Å². The van der Waals surface area contributed by atoms with Crippen LogP contribution in [0.5, 0.6) is 0 Å². The Morgan fingerprint density at radius 3 is 2.33 bits per heavy atom. The summed E-state index contributed by atoms with van der Waals surface area (Å²) < 4.78 is 13.2. The Morgan fingerprint density at radius 1 is 0.923 bits per heavy atom. The molecule has 0 N–H and O–H groups in total. The Balaban J connectivity index is 1.07. The summed E-state index contributed by atoms with van der Waals surface area (Å²) in [4.78, 5) is 19.3. The number of imidazole rings is 1. The van der Waals surface area contributed by atoms with E-state index in [4.69, 9.17) is 24.2 Å². The van der Waals surface area contributed by atoms with E-state index in [2.05, 4.69) is 65.7 Å². The van der Waals surface area contributed by atoms with Crippen molar-refractivity contribution in [3.8, 4) is 22.5 Å². The number of nitrogens with zero attached hydrogens (tertiary/aromatic N) is 6. The summed E-state index contributed by atoms with van der Waals surface area (Å²) >= 11 is 1.64. The van der Waals surface area contributed by atoms with E-state index in [9.17, 15) is 0 Å². The van der Waals surface area contributed by atoms with Gasteiger partial charge in [0.25, 0.3) is 0 Å². The minimum atomic E-state index is -0.0663. The van der Waals surface area contributed by atoms with Gasteiger partial charge in [-0.2, -0.15) is 0 Å². The summed E-state index contributed by atoms with van der Waals surface area (Å²) in [6, 6.07) is 11.1. The maximum Gasteiger partial charge on any atom is 0.196 e. The predicted molar refractivity (Wildman–Crippen MR) is 153 cm³/mol. The maximum absolute atomic E-state index is 5.56. The van der Waals surface area contributed by atoms with Gasteiger partial charge in [0.15, 0.2) is 4.96 Å². The highest BCUT2D eigenvalue weighted by atomic mass is 32.1. The van der Waals surface area contributed by atoms with E-state index in [1.807, 2.05) is 12.3 Å². The van der Waals surface area contributed by atoms with E-state index in [0.717, 1.165) is 88.6 Å². The molecule has 7 rings (SSSR count). The minimum Gasteiger partial charge on any atom is -0.379 e. The van der Waals surface area contributed by atoms with Crippen molar-refractivity contribution >= 4 is 26.6 Å². The van der Waals surface area contributed by atoms with Crippen LogP contribution in [0, 0.1) is 0 Å². The molecule has 0 bridgehead atoms. The van der Waals surface area contributed by atoms with Crippen molar-refractivity contribution in [2.75, 3.05) is 26.3 Å². The fraction of sp³-hybridized carbons (Fsp3) is 0.467. The molecule has 1 aliphatic carbocycles. The van der Waals surface area contributed by atoms with Crippen LogP contribution in [-0.2, 0) is 10.2 Å². The van der Waals surface area contributed by atoms with E-state index in [1.165, 1.54) is 12.8 Å². The van der Waals surface area contributed by atoms with Crippen LogP contribution >= 0.6 is 11.3 Å². The zero-order valence-electron chi connectivity index (χ0n) is 22.8. The van der Waals surface area contributed by atoms with Crippen LogP contribution in [0.2, 0.25) is 0 Å². The molecule has 8 nitrogen and oxygen atoms in total. The van der Waals surface area contributed by atoms with E-state index < -0.39 is 0 Å². The molecule has 39 heavy (non-hydrogen) atoms. The lowest BCUT2D eigenvalue weighted by Gasteiger charge is -2.38. The average Bonchev–Trinajstić information content (AvgIpc) is 3.69. The first kappa shape index (κ1) is 24.9. The second-order valence-corrected chi connectivity index (χ2v) is 12.8. The molecule has 0 amide bonds. The normalized spacial score (nSPS) is 21.2. The fourth-order valence-corrected chi connectivity index (χ4v) is 6.82. The molecular formula is C30H34N6O2S. The van der Waals surface area contributed by atoms with Crippen molar-refractivity contribution in [2.45, 2.75) is 63.8 Å². The number of ether oxygens (including phenoxy) is 1. The summed E-state index contributed by atoms with van der Waals surface area (Å²) in [6.45, 7) is 10.2. The van der Waals surface area contributed by atoms with Gasteiger partial charge in [0, 0.05) is 53.9 Å². The number of morpholine rings is 1. The van der Waals surface area contributed by atoms with Gasteiger partial charge >= 0.3 is 0 Å². The third-order valence-electron chi connectivity index (χ3n) is 8.23. The summed E-state index contributed by atoms with van der Waals surface area (Å²) in [5.74, 6) is 2.32. The maximum atomic E-state index is 5.56. The number of aromatic nitrogens is 5. The molecule has 2 fully saturated rings. The molecular weight excluding hydrogens is 508 g/mol. The van der Waals surface area contributed by atoms with Crippen LogP contribution in [0.25, 0.3) is 37.8 Å². The first-order valence-corrected chi connectivity index (χ1v) is 14.8. The monoisotopic (exact) mass is 542 g/mol. The molecule has 9 heteroatoms. The third-order valence-corrected chi connectivity index (χ3v) is 9.19. The molecule has 1 aliphatic heterocycles. The van der Waals surface area contributed by atoms with Crippen LogP contribution in [0.3, 0.4) is 0 Å². The largest absolute Gasteiger partial charge is 0.379 e. The van der Waals surface area contributed by atoms with Crippen molar-refractivity contribution in [3.05, 3.63) is 54.3 Å². The molecule has 0 spiro atoms. The number of rotatable bonds is 4. The van der Waals surface area contributed by atoms with Gasteiger partial charge in [0.1, 0.15) is 27.6 Å². The van der Waals surface area contributed by atoms with Crippen molar-refractivity contribution in [2.24, 2.45) is 0 Å². The van der Waals surface area contributed by atoms with Gasteiger partial charge in [-0.15, -0.1) is 0 Å². The van der Waals surface area contributed by atoms with Crippen molar-refractivity contribution in [1.82, 2.24) is 29.4 Å². The Kier molecular flexibility index (Phi) is 6.25. The van der Waals surface area contributed by atoms with Crippen molar-refractivity contribution < 1.29 is 9.26 Å². The summed E-state index contributed by atoms with van der Waals surface area (Å²) in [6.07, 6.45) is 8.82. The summed E-state index contributed by atoms with van der Waals surface area (Å²) in [5.41, 5.74) is 4.85. The highest BCUT2D eigenvalue weighted by Gasteiger charge is 2.29. The van der Waals surface area contributed by atoms with Crippen LogP contribution in [-0.4, -0.2) is 61.8 Å². The zero-order chi connectivity index (χ0) is 26.6. The molecule has 1 saturated heterocycles. The number of hydrogen-bond acceptors (Lipinski definition) is 8. The van der Waals surface area contributed by atoms with Gasteiger partial charge in [-0.1, -0.05) is 61.5 Å². The highest BCUT2D eigenvalue weighted by molar-refractivity contribution is 7.23. The average molecular weight is 543 g/mol. The molecule has 0 atom stereocenters. The first-order valence-electron chi connectivity index (χ1n) is 14.0. The number of fused-ring (bicyclic) bond motifs is 3. The second-order valence-electron chi connectivity index (χ2n) is 11.9. The van der Waals surface area contributed by atoms with Gasteiger partial charge < -0.3 is 9.26 Å². The number of benzene rings is 1. The molecule has 2 aliphatic rings. The van der Waals surface area contributed by atoms with Crippen LogP contribution in [0.4, 0.5) is 0 Å². The quantitative estimate of drug-likeness (QED) is 0.263. The molecule has 5 heterocycles. The zero-order valence-corrected chi connectivity index (χ0v) is 23.6. The Labute approximate surface area is 232 Å². The summed E-state index contributed by atoms with van der Waals surface area (Å²) in [5, 5.41) is 4.27. The van der Waals surface area contributed by atoms with E-state index in [0.29, 0.717) is 12.0 Å². The lowest BCUT2D eigenvalue weighted by Crippen LogP contribution is -2.44. The Morgan fingerprint density at radius 2 is 1.64 bits per heavy atom. The Hall–Kier alpha value is -3.14. The SMILES string of the molecule is CC(C)(C)c1cc(-c2ccc(-c3cn4c(n3)sc3nc([C@H]5CC[C@H](N6CCOCC6)CC5)ncc34)cc2)no1. The molecule has 202 valence electrons. The van der Waals surface area contributed by atoms with Gasteiger partial charge in [0.05, 0.1) is 25.1 Å². The van der Waals surface area contributed by atoms with Crippen molar-refractivity contribution in [1.29, 1.82) is 0 Å². The topological polar surface area (TPSA) is 81.6 Å². The smallest absolute Gasteiger partial charge is 0.196 e. The minimum absolute atomic E-state index is 0.0663. The standard InChI is InChI=1S/C30H34N6O2S/c1-30(2,3)26-16-23(34-38-26)19-4-6-20(7-5-19)24-18-36-25-17-31-27(33-28(25)39-29(36)32-24)21-8-10-22(11-9-21)35-12-14-37-15-13-35/h4-7,16-18,21-22H,8-15H2,1-3H3/t21-,22-. The van der Waals surface area contributed by atoms with Gasteiger partial charge in [-0.25, -0.2) is 15.0 Å². The predicted octanol–water partition coefficient (Wildman–Crippen LogP) is 6.32. The van der Waals surface area contributed by atoms with Gasteiger partial charge in [-0.3, -0.25) is 9.30 Å². The fourth-order valence-electron chi connectivity index (χ4n) is 5.86. The third kappa shape index (κ3) is 4.77.